The second-order valence-electron chi connectivity index (χ2n) is 18.9. The molecule has 3 atom stereocenters. The fourth-order valence-corrected chi connectivity index (χ4v) is 8.32. The zero-order chi connectivity index (χ0) is 44.3. The fourth-order valence-electron chi connectivity index (χ4n) is 7.60. The summed E-state index contributed by atoms with van der Waals surface area (Å²) in [6.07, 6.45) is 51.9. The number of hydrogen-bond donors (Lipinski definition) is 2. The second-order valence-corrected chi connectivity index (χ2v) is 20.3. The first-order valence-electron chi connectivity index (χ1n) is 25.7. The summed E-state index contributed by atoms with van der Waals surface area (Å²) in [4.78, 5) is 25.4. The van der Waals surface area contributed by atoms with E-state index in [9.17, 15) is 19.4 Å². The van der Waals surface area contributed by atoms with Crippen molar-refractivity contribution >= 4 is 13.7 Å². The lowest BCUT2D eigenvalue weighted by molar-refractivity contribution is -0.870. The molecule has 60 heavy (non-hydrogen) atoms. The summed E-state index contributed by atoms with van der Waals surface area (Å²) in [6, 6.07) is -0.806. The quantitative estimate of drug-likeness (QED) is 0.0273. The molecule has 3 unspecified atom stereocenters. The minimum absolute atomic E-state index is 0.0101. The van der Waals surface area contributed by atoms with Crippen LogP contribution in [0.3, 0.4) is 0 Å². The summed E-state index contributed by atoms with van der Waals surface area (Å²) >= 11 is 0. The van der Waals surface area contributed by atoms with Crippen molar-refractivity contribution in [2.75, 3.05) is 40.9 Å². The smallest absolute Gasteiger partial charge is 0.268 e. The van der Waals surface area contributed by atoms with Gasteiger partial charge >= 0.3 is 0 Å². The molecule has 0 saturated heterocycles. The minimum atomic E-state index is -4.57. The average molecular weight is 869 g/mol. The summed E-state index contributed by atoms with van der Waals surface area (Å²) in [5.74, 6) is -0.176. The number of likely N-dealkylation sites (N-methyl/N-ethyl adjacent to an activating group) is 1. The van der Waals surface area contributed by atoms with Crippen LogP contribution in [0.4, 0.5) is 0 Å². The Balaban J connectivity index is 4.25. The van der Waals surface area contributed by atoms with E-state index in [2.05, 4.69) is 43.5 Å². The van der Waals surface area contributed by atoms with Crippen molar-refractivity contribution in [3.8, 4) is 0 Å². The molecule has 356 valence electrons. The zero-order valence-corrected chi connectivity index (χ0v) is 41.3. The molecule has 0 aromatic carbocycles. The van der Waals surface area contributed by atoms with E-state index < -0.39 is 20.0 Å². The van der Waals surface area contributed by atoms with Gasteiger partial charge < -0.3 is 28.8 Å². The van der Waals surface area contributed by atoms with Crippen LogP contribution in [-0.4, -0.2) is 68.5 Å². The van der Waals surface area contributed by atoms with E-state index in [0.29, 0.717) is 23.9 Å². The number of allylic oxidation sites excluding steroid dienone is 4. The highest BCUT2D eigenvalue weighted by Crippen LogP contribution is 2.38. The minimum Gasteiger partial charge on any atom is -0.756 e. The van der Waals surface area contributed by atoms with Crippen LogP contribution in [0.5, 0.6) is 0 Å². The molecule has 0 saturated carbocycles. The van der Waals surface area contributed by atoms with Crippen LogP contribution in [0.25, 0.3) is 0 Å². The maximum Gasteiger partial charge on any atom is 0.268 e. The number of aliphatic hydroxyl groups is 1. The molecular formula is C51H101N2O6P. The molecule has 0 aromatic rings. The first kappa shape index (κ1) is 59.0. The number of carbonyl (C=O) groups is 1. The van der Waals surface area contributed by atoms with E-state index in [4.69, 9.17) is 9.05 Å². The number of rotatable bonds is 47. The van der Waals surface area contributed by atoms with Gasteiger partial charge in [0.1, 0.15) is 13.2 Å². The molecule has 9 heteroatoms. The summed E-state index contributed by atoms with van der Waals surface area (Å²) in [7, 11) is 1.30. The van der Waals surface area contributed by atoms with E-state index in [-0.39, 0.29) is 19.1 Å². The Bertz CT molecular complexity index is 1030. The summed E-state index contributed by atoms with van der Waals surface area (Å²) in [5, 5.41) is 14.0. The van der Waals surface area contributed by atoms with E-state index in [1.165, 1.54) is 154 Å². The first-order valence-corrected chi connectivity index (χ1v) is 27.1. The fraction of sp³-hybridized carbons (Fsp3) is 0.902. The number of aliphatic hydroxyl groups excluding tert-OH is 1. The highest BCUT2D eigenvalue weighted by Gasteiger charge is 2.24. The van der Waals surface area contributed by atoms with Crippen LogP contribution < -0.4 is 10.2 Å². The van der Waals surface area contributed by atoms with Crippen molar-refractivity contribution in [3.05, 3.63) is 24.3 Å². The molecule has 0 aliphatic heterocycles. The molecule has 0 aliphatic rings. The van der Waals surface area contributed by atoms with Gasteiger partial charge in [-0.15, -0.1) is 0 Å². The lowest BCUT2D eigenvalue weighted by Crippen LogP contribution is -2.46. The highest BCUT2D eigenvalue weighted by atomic mass is 31.2. The first-order chi connectivity index (χ1) is 29.0. The second kappa shape index (κ2) is 43.2. The lowest BCUT2D eigenvalue weighted by Gasteiger charge is -2.30. The predicted molar refractivity (Wildman–Crippen MR) is 256 cm³/mol. The Morgan fingerprint density at radius 1 is 0.583 bits per heavy atom. The van der Waals surface area contributed by atoms with Gasteiger partial charge in [0.15, 0.2) is 0 Å². The third-order valence-electron chi connectivity index (χ3n) is 11.7. The van der Waals surface area contributed by atoms with Crippen LogP contribution >= 0.6 is 7.82 Å². The van der Waals surface area contributed by atoms with Gasteiger partial charge in [-0.25, -0.2) is 0 Å². The highest BCUT2D eigenvalue weighted by molar-refractivity contribution is 7.45. The molecule has 1 amide bonds. The largest absolute Gasteiger partial charge is 0.756 e. The molecule has 0 fully saturated rings. The Hall–Kier alpha value is -1.02. The van der Waals surface area contributed by atoms with Crippen molar-refractivity contribution in [2.24, 2.45) is 0 Å². The number of nitrogens with one attached hydrogen (secondary N) is 1. The topological polar surface area (TPSA) is 108 Å². The molecule has 0 spiro atoms. The van der Waals surface area contributed by atoms with Gasteiger partial charge in [-0.05, 0) is 44.9 Å². The zero-order valence-electron chi connectivity index (χ0n) is 40.4. The number of amides is 1. The van der Waals surface area contributed by atoms with Gasteiger partial charge in [0.2, 0.25) is 5.91 Å². The van der Waals surface area contributed by atoms with Gasteiger partial charge in [-0.2, -0.15) is 0 Å². The maximum absolute atomic E-state index is 12.9. The molecule has 0 bridgehead atoms. The van der Waals surface area contributed by atoms with Gasteiger partial charge in [-0.1, -0.05) is 218 Å². The normalized spacial score (nSPS) is 14.3. The lowest BCUT2D eigenvalue weighted by atomic mass is 10.0. The number of phosphoric acid groups is 1. The van der Waals surface area contributed by atoms with Gasteiger partial charge in [0, 0.05) is 6.42 Å². The van der Waals surface area contributed by atoms with Crippen LogP contribution in [0.2, 0.25) is 0 Å². The molecule has 0 radical (unpaired) electrons. The number of hydrogen-bond acceptors (Lipinski definition) is 6. The molecule has 0 heterocycles. The van der Waals surface area contributed by atoms with Gasteiger partial charge in [-0.3, -0.25) is 9.36 Å². The van der Waals surface area contributed by atoms with Gasteiger partial charge in [0.25, 0.3) is 7.82 Å². The van der Waals surface area contributed by atoms with Gasteiger partial charge in [0.05, 0.1) is 39.9 Å². The molecule has 0 rings (SSSR count). The maximum atomic E-state index is 12.9. The summed E-state index contributed by atoms with van der Waals surface area (Å²) in [5.41, 5.74) is 0. The van der Waals surface area contributed by atoms with Crippen molar-refractivity contribution in [1.29, 1.82) is 0 Å². The van der Waals surface area contributed by atoms with Crippen LogP contribution in [0, 0.1) is 0 Å². The van der Waals surface area contributed by atoms with Crippen molar-refractivity contribution in [2.45, 2.75) is 257 Å². The Kier molecular flexibility index (Phi) is 42.5. The Labute approximate surface area is 373 Å². The molecule has 0 aromatic heterocycles. The number of quaternary nitrogens is 1. The van der Waals surface area contributed by atoms with E-state index >= 15 is 0 Å². The standard InChI is InChI=1S/C51H101N2O6P/c1-6-8-10-12-14-16-18-20-22-24-25-26-27-28-29-30-32-34-36-38-40-42-44-50(54)49(48-59-60(56,57)58-47-46-53(3,4)5)52-51(55)45-43-41-39-37-35-33-31-23-21-19-17-15-13-11-9-7-2/h17,19,23,31,49-50,54H,6-16,18,20-22,24-30,32-48H2,1-5H3,(H-,52,55,56,57)/b19-17-,31-23-. The van der Waals surface area contributed by atoms with E-state index in [1.54, 1.807) is 0 Å². The Morgan fingerprint density at radius 3 is 1.40 bits per heavy atom. The molecule has 8 nitrogen and oxygen atoms in total. The van der Waals surface area contributed by atoms with Crippen molar-refractivity contribution in [1.82, 2.24) is 5.32 Å². The SMILES string of the molecule is CCCCCC/C=C\C/C=C\CCCCCCCC(=O)NC(COP(=O)([O-])OCC[N+](C)(C)C)C(O)CCCCCCCCCCCCCCCCCCCCCCCC. The Morgan fingerprint density at radius 2 is 0.967 bits per heavy atom. The van der Waals surface area contributed by atoms with Crippen molar-refractivity contribution < 1.29 is 32.9 Å². The monoisotopic (exact) mass is 869 g/mol. The van der Waals surface area contributed by atoms with Crippen LogP contribution in [0.1, 0.15) is 245 Å². The predicted octanol–water partition coefficient (Wildman–Crippen LogP) is 14.2. The summed E-state index contributed by atoms with van der Waals surface area (Å²) in [6.45, 7) is 4.71. The van der Waals surface area contributed by atoms with Crippen LogP contribution in [-0.2, 0) is 18.4 Å². The van der Waals surface area contributed by atoms with E-state index in [0.717, 1.165) is 64.2 Å². The third kappa shape index (κ3) is 45.0. The number of unbranched alkanes of at least 4 members (excludes halogenated alkanes) is 30. The molecule has 2 N–H and O–H groups in total. The average Bonchev–Trinajstić information content (AvgIpc) is 3.20. The number of phosphoric ester groups is 1. The van der Waals surface area contributed by atoms with Crippen molar-refractivity contribution in [3.63, 3.8) is 0 Å². The van der Waals surface area contributed by atoms with E-state index in [1.807, 2.05) is 21.1 Å². The third-order valence-corrected chi connectivity index (χ3v) is 12.7. The number of nitrogens with zero attached hydrogens (tertiary/aromatic N) is 1. The molecule has 0 aliphatic carbocycles. The van der Waals surface area contributed by atoms with Crippen LogP contribution in [0.15, 0.2) is 24.3 Å². The summed E-state index contributed by atoms with van der Waals surface area (Å²) < 4.78 is 23.3. The number of carbonyl (C=O) groups excluding carboxylic acids is 1. The molecular weight excluding hydrogens is 768 g/mol.